The lowest BCUT2D eigenvalue weighted by Gasteiger charge is -2.20. The van der Waals surface area contributed by atoms with E-state index in [2.05, 4.69) is 47.4 Å². The molecule has 0 fully saturated rings. The van der Waals surface area contributed by atoms with Crippen LogP contribution in [0.4, 0.5) is 0 Å². The molecule has 0 unspecified atom stereocenters. The zero-order valence-electron chi connectivity index (χ0n) is 16.4. The van der Waals surface area contributed by atoms with E-state index in [4.69, 9.17) is 14.2 Å². The molecular formula is C24H25NO3. The van der Waals surface area contributed by atoms with Gasteiger partial charge in [0.25, 0.3) is 0 Å². The maximum Gasteiger partial charge on any atom is 0.165 e. The van der Waals surface area contributed by atoms with Crippen LogP contribution in [-0.2, 0) is 13.1 Å². The number of hydrogen-bond donors (Lipinski definition) is 0. The Morgan fingerprint density at radius 1 is 0.893 bits per heavy atom. The lowest BCUT2D eigenvalue weighted by Crippen LogP contribution is -2.25. The molecule has 0 bridgehead atoms. The zero-order chi connectivity index (χ0) is 19.3. The van der Waals surface area contributed by atoms with E-state index in [1.807, 2.05) is 24.3 Å². The zero-order valence-corrected chi connectivity index (χ0v) is 16.4. The summed E-state index contributed by atoms with van der Waals surface area (Å²) in [6.45, 7) is 3.24. The van der Waals surface area contributed by atoms with Gasteiger partial charge in [-0.15, -0.1) is 0 Å². The summed E-state index contributed by atoms with van der Waals surface area (Å²) < 4.78 is 17.1. The second kappa shape index (κ2) is 8.36. The molecule has 1 aliphatic rings. The van der Waals surface area contributed by atoms with Crippen LogP contribution >= 0.6 is 0 Å². The number of nitrogens with zero attached hydrogens (tertiary/aromatic N) is 1. The molecule has 1 heterocycles. The van der Waals surface area contributed by atoms with Crippen LogP contribution in [0.3, 0.4) is 0 Å². The molecule has 144 valence electrons. The topological polar surface area (TPSA) is 30.9 Å². The van der Waals surface area contributed by atoms with Gasteiger partial charge in [0.05, 0.1) is 14.2 Å². The molecule has 4 heteroatoms. The molecule has 3 aromatic carbocycles. The van der Waals surface area contributed by atoms with Crippen LogP contribution in [0.5, 0.6) is 17.2 Å². The minimum Gasteiger partial charge on any atom is -0.497 e. The average Bonchev–Trinajstić information content (AvgIpc) is 2.95. The van der Waals surface area contributed by atoms with Crippen LogP contribution in [0.1, 0.15) is 11.1 Å². The quantitative estimate of drug-likeness (QED) is 0.643. The molecule has 3 aromatic rings. The van der Waals surface area contributed by atoms with Gasteiger partial charge >= 0.3 is 0 Å². The van der Waals surface area contributed by atoms with Crippen LogP contribution < -0.4 is 14.2 Å². The Bertz CT molecular complexity index is 940. The van der Waals surface area contributed by atoms with E-state index in [1.165, 1.54) is 5.56 Å². The molecule has 0 saturated carbocycles. The van der Waals surface area contributed by atoms with E-state index < -0.39 is 0 Å². The van der Waals surface area contributed by atoms with Gasteiger partial charge in [0.15, 0.2) is 11.5 Å². The minimum atomic E-state index is 0.648. The van der Waals surface area contributed by atoms with Crippen molar-refractivity contribution in [1.29, 1.82) is 0 Å². The van der Waals surface area contributed by atoms with Gasteiger partial charge in [0.1, 0.15) is 12.4 Å². The number of rotatable bonds is 5. The number of ether oxygens (including phenoxy) is 3. The molecule has 0 N–H and O–H groups in total. The van der Waals surface area contributed by atoms with Crippen LogP contribution in [0, 0.1) is 0 Å². The molecule has 4 nitrogen and oxygen atoms in total. The maximum atomic E-state index is 6.08. The van der Waals surface area contributed by atoms with Gasteiger partial charge in [-0.3, -0.25) is 4.90 Å². The van der Waals surface area contributed by atoms with Crippen molar-refractivity contribution in [2.75, 3.05) is 27.4 Å². The van der Waals surface area contributed by atoms with Crippen LogP contribution in [0.2, 0.25) is 0 Å². The molecule has 4 rings (SSSR count). The van der Waals surface area contributed by atoms with Gasteiger partial charge in [-0.25, -0.2) is 0 Å². The molecule has 0 amide bonds. The van der Waals surface area contributed by atoms with E-state index in [0.29, 0.717) is 6.61 Å². The van der Waals surface area contributed by atoms with Crippen LogP contribution in [-0.4, -0.2) is 32.3 Å². The minimum absolute atomic E-state index is 0.648. The predicted molar refractivity (Wildman–Crippen MR) is 111 cm³/mol. The van der Waals surface area contributed by atoms with Crippen molar-refractivity contribution >= 4 is 0 Å². The number of benzene rings is 3. The Morgan fingerprint density at radius 3 is 2.54 bits per heavy atom. The lowest BCUT2D eigenvalue weighted by atomic mass is 10.0. The average molecular weight is 375 g/mol. The van der Waals surface area contributed by atoms with E-state index in [-0.39, 0.29) is 0 Å². The molecule has 0 saturated heterocycles. The normalized spacial score (nSPS) is 13.9. The first kappa shape index (κ1) is 18.4. The first-order chi connectivity index (χ1) is 13.8. The molecule has 0 radical (unpaired) electrons. The standard InChI is InChI=1S/C24H25NO3/c1-26-22-10-6-9-19(14-22)20-13-21-17-25(16-18-7-4-3-5-8-18)11-12-28-24(21)23(15-20)27-2/h3-10,13-15H,11-12,16-17H2,1-2H3. The summed E-state index contributed by atoms with van der Waals surface area (Å²) in [5, 5.41) is 0. The fraction of sp³-hybridized carbons (Fsp3) is 0.250. The highest BCUT2D eigenvalue weighted by molar-refractivity contribution is 5.70. The van der Waals surface area contributed by atoms with Gasteiger partial charge in [-0.05, 0) is 41.0 Å². The summed E-state index contributed by atoms with van der Waals surface area (Å²) in [5.74, 6) is 2.47. The Labute approximate surface area is 166 Å². The smallest absolute Gasteiger partial charge is 0.165 e. The van der Waals surface area contributed by atoms with Gasteiger partial charge in [-0.1, -0.05) is 42.5 Å². The molecule has 1 aliphatic heterocycles. The van der Waals surface area contributed by atoms with Gasteiger partial charge in [0, 0.05) is 25.2 Å². The first-order valence-electron chi connectivity index (χ1n) is 9.51. The summed E-state index contributed by atoms with van der Waals surface area (Å²) >= 11 is 0. The maximum absolute atomic E-state index is 6.08. The number of fused-ring (bicyclic) bond motifs is 1. The third kappa shape index (κ3) is 3.97. The second-order valence-electron chi connectivity index (χ2n) is 6.94. The highest BCUT2D eigenvalue weighted by Crippen LogP contribution is 2.39. The molecule has 0 aromatic heterocycles. The molecule has 0 spiro atoms. The molecular weight excluding hydrogens is 350 g/mol. The van der Waals surface area contributed by atoms with E-state index in [1.54, 1.807) is 14.2 Å². The summed E-state index contributed by atoms with van der Waals surface area (Å²) in [7, 11) is 3.38. The summed E-state index contributed by atoms with van der Waals surface area (Å²) in [6, 6.07) is 22.9. The summed E-state index contributed by atoms with van der Waals surface area (Å²) in [6.07, 6.45) is 0. The second-order valence-corrected chi connectivity index (χ2v) is 6.94. The predicted octanol–water partition coefficient (Wildman–Crippen LogP) is 4.77. The molecule has 0 aliphatic carbocycles. The Kier molecular flexibility index (Phi) is 5.49. The van der Waals surface area contributed by atoms with Gasteiger partial charge in [0.2, 0.25) is 0 Å². The lowest BCUT2D eigenvalue weighted by molar-refractivity contribution is 0.217. The van der Waals surface area contributed by atoms with Crippen molar-refractivity contribution in [3.8, 4) is 28.4 Å². The SMILES string of the molecule is COc1cccc(-c2cc3c(c(OC)c2)OCCN(Cc2ccccc2)C3)c1. The monoisotopic (exact) mass is 375 g/mol. The van der Waals surface area contributed by atoms with Gasteiger partial charge in [-0.2, -0.15) is 0 Å². The van der Waals surface area contributed by atoms with Crippen molar-refractivity contribution in [3.05, 3.63) is 77.9 Å². The van der Waals surface area contributed by atoms with E-state index in [9.17, 15) is 0 Å². The van der Waals surface area contributed by atoms with Crippen molar-refractivity contribution in [1.82, 2.24) is 4.90 Å². The largest absolute Gasteiger partial charge is 0.497 e. The Hall–Kier alpha value is -2.98. The van der Waals surface area contributed by atoms with E-state index in [0.717, 1.165) is 53.6 Å². The third-order valence-corrected chi connectivity index (χ3v) is 5.05. The van der Waals surface area contributed by atoms with Crippen molar-refractivity contribution in [2.45, 2.75) is 13.1 Å². The molecule has 0 atom stereocenters. The highest BCUT2D eigenvalue weighted by atomic mass is 16.5. The number of methoxy groups -OCH3 is 2. The van der Waals surface area contributed by atoms with Crippen molar-refractivity contribution in [2.24, 2.45) is 0 Å². The van der Waals surface area contributed by atoms with Gasteiger partial charge < -0.3 is 14.2 Å². The van der Waals surface area contributed by atoms with E-state index >= 15 is 0 Å². The van der Waals surface area contributed by atoms with Crippen molar-refractivity contribution < 1.29 is 14.2 Å². The first-order valence-corrected chi connectivity index (χ1v) is 9.51. The Balaban J connectivity index is 1.68. The van der Waals surface area contributed by atoms with Crippen LogP contribution in [0.25, 0.3) is 11.1 Å². The number of hydrogen-bond acceptors (Lipinski definition) is 4. The third-order valence-electron chi connectivity index (χ3n) is 5.05. The Morgan fingerprint density at radius 2 is 1.75 bits per heavy atom. The summed E-state index contributed by atoms with van der Waals surface area (Å²) in [4.78, 5) is 2.41. The highest BCUT2D eigenvalue weighted by Gasteiger charge is 2.20. The van der Waals surface area contributed by atoms with Crippen molar-refractivity contribution in [3.63, 3.8) is 0 Å². The summed E-state index contributed by atoms with van der Waals surface area (Å²) in [5.41, 5.74) is 4.64. The molecule has 28 heavy (non-hydrogen) atoms. The van der Waals surface area contributed by atoms with Crippen LogP contribution in [0.15, 0.2) is 66.7 Å². The fourth-order valence-electron chi connectivity index (χ4n) is 3.64. The fourth-order valence-corrected chi connectivity index (χ4v) is 3.64.